The molecule has 0 radical (unpaired) electrons. The molecule has 0 saturated carbocycles. The van der Waals surface area contributed by atoms with E-state index in [-0.39, 0.29) is 24.9 Å². The lowest BCUT2D eigenvalue weighted by molar-refractivity contribution is -0.120. The first-order chi connectivity index (χ1) is 9.41. The Morgan fingerprint density at radius 3 is 2.50 bits per heavy atom. The van der Waals surface area contributed by atoms with Crippen LogP contribution in [0.25, 0.3) is 0 Å². The van der Waals surface area contributed by atoms with Gasteiger partial charge in [-0.3, -0.25) is 9.59 Å². The van der Waals surface area contributed by atoms with Crippen molar-refractivity contribution in [3.05, 3.63) is 34.9 Å². The molecule has 1 aromatic carbocycles. The average Bonchev–Trinajstić information content (AvgIpc) is 2.42. The maximum absolute atomic E-state index is 11.8. The summed E-state index contributed by atoms with van der Waals surface area (Å²) in [5.41, 5.74) is 0.323. The van der Waals surface area contributed by atoms with Gasteiger partial charge >= 0.3 is 0 Å². The second-order valence-electron chi connectivity index (χ2n) is 4.78. The van der Waals surface area contributed by atoms with E-state index in [4.69, 9.17) is 11.6 Å². The molecule has 2 amide bonds. The first-order valence-electron chi connectivity index (χ1n) is 6.39. The molecule has 110 valence electrons. The minimum atomic E-state index is -0.599. The highest BCUT2D eigenvalue weighted by Crippen LogP contribution is 2.14. The molecule has 0 spiro atoms. The predicted molar refractivity (Wildman–Crippen MR) is 77.6 cm³/mol. The molecule has 6 heteroatoms. The zero-order valence-corrected chi connectivity index (χ0v) is 12.3. The van der Waals surface area contributed by atoms with Crippen LogP contribution in [0.3, 0.4) is 0 Å². The third kappa shape index (κ3) is 5.19. The third-order valence-corrected chi connectivity index (χ3v) is 3.14. The number of carbonyl (C=O) groups is 2. The summed E-state index contributed by atoms with van der Waals surface area (Å²) in [7, 11) is 0. The van der Waals surface area contributed by atoms with Gasteiger partial charge in [0.05, 0.1) is 23.2 Å². The number of amides is 2. The predicted octanol–water partition coefficient (Wildman–Crippen LogP) is 1.20. The molecular formula is C14H19ClN2O3. The van der Waals surface area contributed by atoms with Gasteiger partial charge in [-0.25, -0.2) is 0 Å². The molecule has 0 aliphatic carbocycles. The summed E-state index contributed by atoms with van der Waals surface area (Å²) in [5.74, 6) is -0.701. The average molecular weight is 299 g/mol. The van der Waals surface area contributed by atoms with Crippen LogP contribution in [0, 0.1) is 5.92 Å². The zero-order valence-electron chi connectivity index (χ0n) is 11.5. The molecule has 0 bridgehead atoms. The van der Waals surface area contributed by atoms with E-state index in [9.17, 15) is 14.7 Å². The van der Waals surface area contributed by atoms with Gasteiger partial charge in [-0.15, -0.1) is 0 Å². The molecule has 0 aliphatic rings. The van der Waals surface area contributed by atoms with Crippen LogP contribution in [0.1, 0.15) is 24.2 Å². The van der Waals surface area contributed by atoms with Gasteiger partial charge in [-0.2, -0.15) is 0 Å². The van der Waals surface area contributed by atoms with Crippen molar-refractivity contribution >= 4 is 23.4 Å². The molecule has 0 heterocycles. The molecule has 3 N–H and O–H groups in total. The van der Waals surface area contributed by atoms with Crippen molar-refractivity contribution in [2.75, 3.05) is 13.1 Å². The minimum absolute atomic E-state index is 0.0630. The van der Waals surface area contributed by atoms with Crippen molar-refractivity contribution in [1.82, 2.24) is 10.6 Å². The zero-order chi connectivity index (χ0) is 15.1. The van der Waals surface area contributed by atoms with Crippen molar-refractivity contribution in [3.63, 3.8) is 0 Å². The number of nitrogens with one attached hydrogen (secondary N) is 2. The highest BCUT2D eigenvalue weighted by Gasteiger charge is 2.13. The van der Waals surface area contributed by atoms with Crippen LogP contribution < -0.4 is 10.6 Å². The van der Waals surface area contributed by atoms with Gasteiger partial charge in [0, 0.05) is 6.54 Å². The van der Waals surface area contributed by atoms with E-state index in [1.54, 1.807) is 24.3 Å². The van der Waals surface area contributed by atoms with E-state index >= 15 is 0 Å². The van der Waals surface area contributed by atoms with Crippen LogP contribution in [0.5, 0.6) is 0 Å². The second-order valence-corrected chi connectivity index (χ2v) is 5.19. The molecule has 1 unspecified atom stereocenters. The van der Waals surface area contributed by atoms with Crippen molar-refractivity contribution in [2.45, 2.75) is 20.0 Å². The molecule has 0 aliphatic heterocycles. The summed E-state index contributed by atoms with van der Waals surface area (Å²) in [6.07, 6.45) is -0.599. The Bertz CT molecular complexity index is 477. The Hall–Kier alpha value is -1.59. The third-order valence-electron chi connectivity index (χ3n) is 2.81. The Kier molecular flexibility index (Phi) is 6.48. The first kappa shape index (κ1) is 16.5. The van der Waals surface area contributed by atoms with Gasteiger partial charge in [-0.05, 0) is 18.1 Å². The molecule has 0 aromatic heterocycles. The molecule has 1 rings (SSSR count). The summed E-state index contributed by atoms with van der Waals surface area (Å²) in [6.45, 7) is 3.72. The molecule has 5 nitrogen and oxygen atoms in total. The number of aliphatic hydroxyl groups is 1. The second kappa shape index (κ2) is 7.87. The standard InChI is InChI=1S/C14H19ClN2O3/c1-9(2)12(18)7-16-13(19)8-17-14(20)10-5-3-4-6-11(10)15/h3-6,9,12,18H,7-8H2,1-2H3,(H,16,19)(H,17,20). The van der Waals surface area contributed by atoms with Crippen molar-refractivity contribution in [2.24, 2.45) is 5.92 Å². The van der Waals surface area contributed by atoms with Crippen LogP contribution in [0.4, 0.5) is 0 Å². The van der Waals surface area contributed by atoms with Crippen LogP contribution in [-0.4, -0.2) is 36.1 Å². The number of benzene rings is 1. The van der Waals surface area contributed by atoms with Gasteiger partial charge in [0.1, 0.15) is 0 Å². The molecule has 1 aromatic rings. The summed E-state index contributed by atoms with van der Waals surface area (Å²) in [4.78, 5) is 23.3. The van der Waals surface area contributed by atoms with Crippen LogP contribution >= 0.6 is 11.6 Å². The van der Waals surface area contributed by atoms with Gasteiger partial charge in [0.15, 0.2) is 0 Å². The fourth-order valence-corrected chi connectivity index (χ4v) is 1.64. The molecule has 0 fully saturated rings. The number of rotatable bonds is 6. The molecule has 20 heavy (non-hydrogen) atoms. The van der Waals surface area contributed by atoms with Crippen LogP contribution in [0.2, 0.25) is 5.02 Å². The first-order valence-corrected chi connectivity index (χ1v) is 6.77. The van der Waals surface area contributed by atoms with E-state index in [0.717, 1.165) is 0 Å². The van der Waals surface area contributed by atoms with Gasteiger partial charge < -0.3 is 15.7 Å². The lowest BCUT2D eigenvalue weighted by atomic mass is 10.1. The van der Waals surface area contributed by atoms with Gasteiger partial charge in [0.25, 0.3) is 5.91 Å². The molecule has 0 saturated heterocycles. The quantitative estimate of drug-likeness (QED) is 0.738. The smallest absolute Gasteiger partial charge is 0.253 e. The van der Waals surface area contributed by atoms with E-state index in [1.807, 2.05) is 13.8 Å². The van der Waals surface area contributed by atoms with E-state index in [2.05, 4.69) is 10.6 Å². The summed E-state index contributed by atoms with van der Waals surface area (Å²) < 4.78 is 0. The number of aliphatic hydroxyl groups excluding tert-OH is 1. The number of hydrogen-bond acceptors (Lipinski definition) is 3. The van der Waals surface area contributed by atoms with Crippen molar-refractivity contribution in [3.8, 4) is 0 Å². The Labute approximate surface area is 123 Å². The fraction of sp³-hybridized carbons (Fsp3) is 0.429. The lowest BCUT2D eigenvalue weighted by Gasteiger charge is -2.15. The SMILES string of the molecule is CC(C)C(O)CNC(=O)CNC(=O)c1ccccc1Cl. The van der Waals surface area contributed by atoms with E-state index < -0.39 is 12.0 Å². The van der Waals surface area contributed by atoms with E-state index in [0.29, 0.717) is 10.6 Å². The van der Waals surface area contributed by atoms with Crippen molar-refractivity contribution < 1.29 is 14.7 Å². The summed E-state index contributed by atoms with van der Waals surface area (Å²) in [5, 5.41) is 14.9. The maximum Gasteiger partial charge on any atom is 0.253 e. The van der Waals surface area contributed by atoms with Gasteiger partial charge in [0.2, 0.25) is 5.91 Å². The number of halogens is 1. The van der Waals surface area contributed by atoms with E-state index in [1.165, 1.54) is 0 Å². The fourth-order valence-electron chi connectivity index (χ4n) is 1.42. The molecule has 1 atom stereocenters. The normalized spacial score (nSPS) is 12.1. The Morgan fingerprint density at radius 2 is 1.90 bits per heavy atom. The topological polar surface area (TPSA) is 78.4 Å². The number of carbonyl (C=O) groups excluding carboxylic acids is 2. The maximum atomic E-state index is 11.8. The minimum Gasteiger partial charge on any atom is -0.391 e. The lowest BCUT2D eigenvalue weighted by Crippen LogP contribution is -2.41. The highest BCUT2D eigenvalue weighted by molar-refractivity contribution is 6.33. The summed E-state index contributed by atoms with van der Waals surface area (Å²) in [6, 6.07) is 6.60. The largest absolute Gasteiger partial charge is 0.391 e. The highest BCUT2D eigenvalue weighted by atomic mass is 35.5. The molecular weight excluding hydrogens is 280 g/mol. The Morgan fingerprint density at radius 1 is 1.25 bits per heavy atom. The van der Waals surface area contributed by atoms with Crippen LogP contribution in [0.15, 0.2) is 24.3 Å². The van der Waals surface area contributed by atoms with Gasteiger partial charge in [-0.1, -0.05) is 37.6 Å². The monoisotopic (exact) mass is 298 g/mol. The van der Waals surface area contributed by atoms with Crippen molar-refractivity contribution in [1.29, 1.82) is 0 Å². The Balaban J connectivity index is 2.38. The summed E-state index contributed by atoms with van der Waals surface area (Å²) >= 11 is 5.88. The number of hydrogen-bond donors (Lipinski definition) is 3. The van der Waals surface area contributed by atoms with Crippen LogP contribution in [-0.2, 0) is 4.79 Å².